The summed E-state index contributed by atoms with van der Waals surface area (Å²) in [5.74, 6) is 2.27. The Morgan fingerprint density at radius 3 is 2.62 bits per heavy atom. The number of methoxy groups -OCH3 is 2. The molecule has 0 bridgehead atoms. The molecular weight excluding hydrogens is 408 g/mol. The summed E-state index contributed by atoms with van der Waals surface area (Å²) in [7, 11) is 5.25. The number of benzene rings is 1. The van der Waals surface area contributed by atoms with E-state index in [-0.39, 0.29) is 6.04 Å². The van der Waals surface area contributed by atoms with Crippen LogP contribution in [0.5, 0.6) is 11.5 Å². The normalized spacial score (nSPS) is 15.9. The summed E-state index contributed by atoms with van der Waals surface area (Å²) in [5, 5.41) is 11.0. The third-order valence-corrected chi connectivity index (χ3v) is 5.51. The molecule has 176 valence electrons. The predicted molar refractivity (Wildman–Crippen MR) is 126 cm³/mol. The summed E-state index contributed by atoms with van der Waals surface area (Å²) in [6.07, 6.45) is 4.83. The minimum absolute atomic E-state index is 0.118. The number of nitrogens with zero attached hydrogens (tertiary/aromatic N) is 4. The number of aryl methyl sites for hydroxylation is 1. The standard InChI is InChI=1S/C23H36N6O3/c1-5-24-23(25-9-8-18-15-27-28(2)17-18)26-16-20(29-10-12-32-13-11-29)19-6-7-21(30-3)22(14-19)31-4/h6-7,14-15,17,20H,5,8-13,16H2,1-4H3,(H2,24,25,26). The van der Waals surface area contributed by atoms with Gasteiger partial charge in [0, 0.05) is 39.4 Å². The number of aromatic nitrogens is 2. The minimum Gasteiger partial charge on any atom is -0.493 e. The van der Waals surface area contributed by atoms with Crippen LogP contribution in [0.15, 0.2) is 35.6 Å². The highest BCUT2D eigenvalue weighted by Gasteiger charge is 2.24. The zero-order valence-electron chi connectivity index (χ0n) is 19.6. The summed E-state index contributed by atoms with van der Waals surface area (Å²) < 4.78 is 18.4. The van der Waals surface area contributed by atoms with Gasteiger partial charge in [0.15, 0.2) is 17.5 Å². The highest BCUT2D eigenvalue weighted by Crippen LogP contribution is 2.32. The average molecular weight is 445 g/mol. The number of hydrogen-bond acceptors (Lipinski definition) is 6. The van der Waals surface area contributed by atoms with Crippen molar-refractivity contribution in [1.82, 2.24) is 25.3 Å². The molecule has 9 heteroatoms. The summed E-state index contributed by atoms with van der Waals surface area (Å²) in [6.45, 7) is 7.50. The van der Waals surface area contributed by atoms with Crippen molar-refractivity contribution < 1.29 is 14.2 Å². The van der Waals surface area contributed by atoms with E-state index < -0.39 is 0 Å². The molecule has 1 saturated heterocycles. The monoisotopic (exact) mass is 444 g/mol. The molecule has 3 rings (SSSR count). The third kappa shape index (κ3) is 6.61. The van der Waals surface area contributed by atoms with E-state index in [1.54, 1.807) is 14.2 Å². The highest BCUT2D eigenvalue weighted by molar-refractivity contribution is 5.79. The van der Waals surface area contributed by atoms with E-state index in [0.717, 1.165) is 68.8 Å². The van der Waals surface area contributed by atoms with E-state index in [1.807, 2.05) is 30.2 Å². The second-order valence-electron chi connectivity index (χ2n) is 7.70. The van der Waals surface area contributed by atoms with Gasteiger partial charge in [0.25, 0.3) is 0 Å². The maximum absolute atomic E-state index is 5.57. The van der Waals surface area contributed by atoms with Crippen molar-refractivity contribution in [2.75, 3.05) is 60.2 Å². The summed E-state index contributed by atoms with van der Waals surface area (Å²) in [4.78, 5) is 7.34. The van der Waals surface area contributed by atoms with Crippen molar-refractivity contribution in [1.29, 1.82) is 0 Å². The quantitative estimate of drug-likeness (QED) is 0.425. The molecule has 2 N–H and O–H groups in total. The first-order chi connectivity index (χ1) is 15.6. The SMILES string of the molecule is CCNC(=NCC(c1ccc(OC)c(OC)c1)N1CCOCC1)NCCc1cnn(C)c1. The molecule has 1 aliphatic heterocycles. The number of hydrogen-bond donors (Lipinski definition) is 2. The lowest BCUT2D eigenvalue weighted by molar-refractivity contribution is 0.0179. The molecule has 9 nitrogen and oxygen atoms in total. The van der Waals surface area contributed by atoms with Crippen LogP contribution in [0.2, 0.25) is 0 Å². The molecule has 0 radical (unpaired) electrons. The lowest BCUT2D eigenvalue weighted by Gasteiger charge is -2.34. The van der Waals surface area contributed by atoms with Gasteiger partial charge in [0.1, 0.15) is 0 Å². The van der Waals surface area contributed by atoms with E-state index in [1.165, 1.54) is 5.56 Å². The van der Waals surface area contributed by atoms with Crippen LogP contribution >= 0.6 is 0 Å². The van der Waals surface area contributed by atoms with Crippen molar-refractivity contribution in [3.8, 4) is 11.5 Å². The number of ether oxygens (including phenoxy) is 3. The van der Waals surface area contributed by atoms with Crippen LogP contribution in [0.1, 0.15) is 24.1 Å². The fourth-order valence-corrected chi connectivity index (χ4v) is 3.83. The Hall–Kier alpha value is -2.78. The van der Waals surface area contributed by atoms with Gasteiger partial charge in [-0.05, 0) is 36.6 Å². The molecular formula is C23H36N6O3. The lowest BCUT2D eigenvalue weighted by atomic mass is 10.0. The first kappa shape index (κ1) is 23.9. The Balaban J connectivity index is 1.73. The molecule has 2 heterocycles. The van der Waals surface area contributed by atoms with Gasteiger partial charge in [0.05, 0.1) is 46.2 Å². The van der Waals surface area contributed by atoms with E-state index >= 15 is 0 Å². The van der Waals surface area contributed by atoms with E-state index in [4.69, 9.17) is 19.2 Å². The smallest absolute Gasteiger partial charge is 0.191 e. The third-order valence-electron chi connectivity index (χ3n) is 5.51. The van der Waals surface area contributed by atoms with Gasteiger partial charge < -0.3 is 24.8 Å². The Bertz CT molecular complexity index is 863. The van der Waals surface area contributed by atoms with Crippen LogP contribution in [-0.2, 0) is 18.2 Å². The van der Waals surface area contributed by atoms with E-state index in [2.05, 4.69) is 39.7 Å². The molecule has 32 heavy (non-hydrogen) atoms. The highest BCUT2D eigenvalue weighted by atomic mass is 16.5. The van der Waals surface area contributed by atoms with Gasteiger partial charge in [-0.1, -0.05) is 6.07 Å². The molecule has 1 aliphatic rings. The minimum atomic E-state index is 0.118. The molecule has 0 amide bonds. The number of aliphatic imine (C=N–C) groups is 1. The molecule has 2 aromatic rings. The largest absolute Gasteiger partial charge is 0.493 e. The maximum Gasteiger partial charge on any atom is 0.191 e. The lowest BCUT2D eigenvalue weighted by Crippen LogP contribution is -2.42. The second-order valence-corrected chi connectivity index (χ2v) is 7.70. The van der Waals surface area contributed by atoms with Crippen LogP contribution in [0.25, 0.3) is 0 Å². The zero-order chi connectivity index (χ0) is 22.8. The Morgan fingerprint density at radius 1 is 1.19 bits per heavy atom. The van der Waals surface area contributed by atoms with Crippen LogP contribution in [0, 0.1) is 0 Å². The first-order valence-electron chi connectivity index (χ1n) is 11.2. The average Bonchev–Trinajstić information content (AvgIpc) is 3.24. The number of morpholine rings is 1. The van der Waals surface area contributed by atoms with Crippen molar-refractivity contribution in [2.45, 2.75) is 19.4 Å². The molecule has 1 fully saturated rings. The van der Waals surface area contributed by atoms with Crippen LogP contribution < -0.4 is 20.1 Å². The van der Waals surface area contributed by atoms with Gasteiger partial charge in [-0.25, -0.2) is 0 Å². The fraction of sp³-hybridized carbons (Fsp3) is 0.565. The second kappa shape index (κ2) is 12.3. The summed E-state index contributed by atoms with van der Waals surface area (Å²) in [5.41, 5.74) is 2.35. The number of nitrogens with one attached hydrogen (secondary N) is 2. The van der Waals surface area contributed by atoms with Gasteiger partial charge in [-0.2, -0.15) is 5.10 Å². The van der Waals surface area contributed by atoms with Crippen LogP contribution in [0.4, 0.5) is 0 Å². The van der Waals surface area contributed by atoms with Gasteiger partial charge in [-0.15, -0.1) is 0 Å². The number of rotatable bonds is 10. The van der Waals surface area contributed by atoms with Crippen LogP contribution in [0.3, 0.4) is 0 Å². The van der Waals surface area contributed by atoms with E-state index in [9.17, 15) is 0 Å². The topological polar surface area (TPSA) is 85.2 Å². The summed E-state index contributed by atoms with van der Waals surface area (Å²) in [6, 6.07) is 6.23. The first-order valence-corrected chi connectivity index (χ1v) is 11.2. The molecule has 0 saturated carbocycles. The molecule has 0 spiro atoms. The molecule has 1 atom stereocenters. The summed E-state index contributed by atoms with van der Waals surface area (Å²) >= 11 is 0. The number of guanidine groups is 1. The molecule has 1 unspecified atom stereocenters. The van der Waals surface area contributed by atoms with Gasteiger partial charge in [0.2, 0.25) is 0 Å². The van der Waals surface area contributed by atoms with Crippen molar-refractivity contribution in [3.05, 3.63) is 41.7 Å². The molecule has 1 aromatic carbocycles. The molecule has 1 aromatic heterocycles. The molecule has 0 aliphatic carbocycles. The zero-order valence-corrected chi connectivity index (χ0v) is 19.6. The van der Waals surface area contributed by atoms with E-state index in [0.29, 0.717) is 6.54 Å². The van der Waals surface area contributed by atoms with Crippen molar-refractivity contribution in [3.63, 3.8) is 0 Å². The van der Waals surface area contributed by atoms with Gasteiger partial charge >= 0.3 is 0 Å². The van der Waals surface area contributed by atoms with Gasteiger partial charge in [-0.3, -0.25) is 14.6 Å². The van der Waals surface area contributed by atoms with Crippen LogP contribution in [-0.4, -0.2) is 80.8 Å². The van der Waals surface area contributed by atoms with Crippen molar-refractivity contribution >= 4 is 5.96 Å². The predicted octanol–water partition coefficient (Wildman–Crippen LogP) is 1.61. The fourth-order valence-electron chi connectivity index (χ4n) is 3.83. The Labute approximate surface area is 190 Å². The Morgan fingerprint density at radius 2 is 1.97 bits per heavy atom. The maximum atomic E-state index is 5.57. The Kier molecular flexibility index (Phi) is 9.18. The van der Waals surface area contributed by atoms with Crippen molar-refractivity contribution in [2.24, 2.45) is 12.0 Å².